The van der Waals surface area contributed by atoms with Crippen molar-refractivity contribution in [3.63, 3.8) is 0 Å². The second-order valence-corrected chi connectivity index (χ2v) is 7.60. The van der Waals surface area contributed by atoms with Crippen LogP contribution in [0.3, 0.4) is 0 Å². The van der Waals surface area contributed by atoms with Crippen LogP contribution in [0.1, 0.15) is 11.4 Å². The van der Waals surface area contributed by atoms with Crippen molar-refractivity contribution in [2.75, 3.05) is 0 Å². The van der Waals surface area contributed by atoms with E-state index in [9.17, 15) is 4.39 Å². The number of ether oxygens (including phenoxy) is 1. The van der Waals surface area contributed by atoms with Crippen LogP contribution in [0.5, 0.6) is 5.75 Å². The van der Waals surface area contributed by atoms with E-state index in [0.717, 1.165) is 10.9 Å². The Morgan fingerprint density at radius 2 is 1.89 bits per heavy atom. The number of aromatic nitrogens is 3. The molecule has 142 valence electrons. The van der Waals surface area contributed by atoms with Gasteiger partial charge in [-0.05, 0) is 28.5 Å². The fraction of sp³-hybridized carbons (Fsp3) is 0.143. The molecule has 1 heterocycles. The largest absolute Gasteiger partial charge is 0.486 e. The lowest BCUT2D eigenvalue weighted by molar-refractivity contribution is 0.290. The molecule has 0 saturated carbocycles. The first kappa shape index (κ1) is 18.8. The molecule has 0 aliphatic rings. The predicted molar refractivity (Wildman–Crippen MR) is 110 cm³/mol. The Balaban J connectivity index is 1.44. The van der Waals surface area contributed by atoms with Crippen molar-refractivity contribution in [1.29, 1.82) is 0 Å². The highest BCUT2D eigenvalue weighted by atomic mass is 35.5. The van der Waals surface area contributed by atoms with Gasteiger partial charge in [-0.2, -0.15) is 0 Å². The van der Waals surface area contributed by atoms with Gasteiger partial charge in [0.1, 0.15) is 18.2 Å². The number of hydrogen-bond acceptors (Lipinski definition) is 4. The number of hydrogen-bond donors (Lipinski definition) is 0. The molecule has 0 aliphatic carbocycles. The molecule has 4 aromatic rings. The van der Waals surface area contributed by atoms with E-state index in [2.05, 4.69) is 46.6 Å². The first-order valence-corrected chi connectivity index (χ1v) is 10.0. The molecule has 0 bridgehead atoms. The fourth-order valence-electron chi connectivity index (χ4n) is 2.87. The quantitative estimate of drug-likeness (QED) is 0.384. The summed E-state index contributed by atoms with van der Waals surface area (Å²) < 4.78 is 20.8. The summed E-state index contributed by atoms with van der Waals surface area (Å²) in [6, 6.07) is 18.9. The number of rotatable bonds is 6. The van der Waals surface area contributed by atoms with Crippen LogP contribution in [0.2, 0.25) is 5.02 Å². The van der Waals surface area contributed by atoms with Gasteiger partial charge in [0.2, 0.25) is 0 Å². The molecule has 1 aromatic heterocycles. The Morgan fingerprint density at radius 3 is 2.75 bits per heavy atom. The smallest absolute Gasteiger partial charge is 0.191 e. The van der Waals surface area contributed by atoms with Crippen molar-refractivity contribution in [2.24, 2.45) is 7.05 Å². The van der Waals surface area contributed by atoms with E-state index in [4.69, 9.17) is 16.3 Å². The second-order valence-electron chi connectivity index (χ2n) is 6.25. The first-order valence-electron chi connectivity index (χ1n) is 8.67. The zero-order valence-electron chi connectivity index (χ0n) is 15.1. The zero-order chi connectivity index (χ0) is 19.5. The lowest BCUT2D eigenvalue weighted by Crippen LogP contribution is -2.04. The van der Waals surface area contributed by atoms with Gasteiger partial charge >= 0.3 is 0 Å². The van der Waals surface area contributed by atoms with E-state index in [1.54, 1.807) is 11.8 Å². The molecule has 0 aliphatic heterocycles. The maximum Gasteiger partial charge on any atom is 0.191 e. The molecule has 0 unspecified atom stereocenters. The van der Waals surface area contributed by atoms with Crippen molar-refractivity contribution in [1.82, 2.24) is 14.8 Å². The third kappa shape index (κ3) is 3.98. The Hall–Kier alpha value is -2.57. The molecule has 0 saturated heterocycles. The molecule has 4 nitrogen and oxygen atoms in total. The standard InChI is InChI=1S/C21H17ClFN3OS/c1-26-20(12-27-16-9-10-19(23)18(22)11-16)24-25-21(26)28-13-15-7-4-6-14-5-2-3-8-17(14)15/h2-11H,12-13H2,1H3. The summed E-state index contributed by atoms with van der Waals surface area (Å²) in [4.78, 5) is 0. The molecule has 7 heteroatoms. The molecule has 0 atom stereocenters. The number of thioether (sulfide) groups is 1. The number of nitrogens with zero attached hydrogens (tertiary/aromatic N) is 3. The van der Waals surface area contributed by atoms with Crippen LogP contribution in [0, 0.1) is 5.82 Å². The molecule has 0 N–H and O–H groups in total. The van der Waals surface area contributed by atoms with E-state index in [1.165, 1.54) is 34.5 Å². The van der Waals surface area contributed by atoms with Gasteiger partial charge in [0.15, 0.2) is 11.0 Å². The van der Waals surface area contributed by atoms with Gasteiger partial charge < -0.3 is 9.30 Å². The summed E-state index contributed by atoms with van der Waals surface area (Å²) in [5, 5.41) is 11.8. The molecule has 0 fully saturated rings. The summed E-state index contributed by atoms with van der Waals surface area (Å²) in [5.41, 5.74) is 1.25. The van der Waals surface area contributed by atoms with Crippen molar-refractivity contribution >= 4 is 34.1 Å². The Labute approximate surface area is 171 Å². The second kappa shape index (κ2) is 8.20. The summed E-state index contributed by atoms with van der Waals surface area (Å²) in [5.74, 6) is 1.49. The van der Waals surface area contributed by atoms with Gasteiger partial charge in [0.05, 0.1) is 5.02 Å². The Morgan fingerprint density at radius 1 is 1.07 bits per heavy atom. The average Bonchev–Trinajstić information content (AvgIpc) is 3.07. The monoisotopic (exact) mass is 413 g/mol. The highest BCUT2D eigenvalue weighted by Gasteiger charge is 2.11. The van der Waals surface area contributed by atoms with E-state index in [1.807, 2.05) is 17.7 Å². The van der Waals surface area contributed by atoms with Gasteiger partial charge in [-0.1, -0.05) is 65.8 Å². The summed E-state index contributed by atoms with van der Waals surface area (Å²) >= 11 is 7.41. The third-order valence-corrected chi connectivity index (χ3v) is 5.78. The highest BCUT2D eigenvalue weighted by Crippen LogP contribution is 2.27. The molecule has 0 amide bonds. The third-order valence-electron chi connectivity index (χ3n) is 4.42. The predicted octanol–water partition coefficient (Wildman–Crippen LogP) is 5.63. The molecular formula is C21H17ClFN3OS. The number of benzene rings is 3. The minimum Gasteiger partial charge on any atom is -0.486 e. The van der Waals surface area contributed by atoms with Crippen molar-refractivity contribution in [2.45, 2.75) is 17.5 Å². The minimum atomic E-state index is -0.472. The molecule has 0 spiro atoms. The zero-order valence-corrected chi connectivity index (χ0v) is 16.7. The van der Waals surface area contributed by atoms with E-state index in [-0.39, 0.29) is 11.6 Å². The average molecular weight is 414 g/mol. The normalized spacial score (nSPS) is 11.1. The van der Waals surface area contributed by atoms with Gasteiger partial charge in [-0.3, -0.25) is 0 Å². The van der Waals surface area contributed by atoms with Crippen molar-refractivity contribution < 1.29 is 9.13 Å². The van der Waals surface area contributed by atoms with Crippen LogP contribution in [0.15, 0.2) is 65.8 Å². The van der Waals surface area contributed by atoms with E-state index in [0.29, 0.717) is 11.6 Å². The summed E-state index contributed by atoms with van der Waals surface area (Å²) in [7, 11) is 1.90. The summed E-state index contributed by atoms with van der Waals surface area (Å²) in [6.45, 7) is 0.223. The van der Waals surface area contributed by atoms with E-state index < -0.39 is 5.82 Å². The van der Waals surface area contributed by atoms with Crippen LogP contribution >= 0.6 is 23.4 Å². The maximum atomic E-state index is 13.2. The molecule has 4 rings (SSSR count). The van der Waals surface area contributed by atoms with Crippen molar-refractivity contribution in [3.05, 3.63) is 82.9 Å². The minimum absolute atomic E-state index is 0.0294. The highest BCUT2D eigenvalue weighted by molar-refractivity contribution is 7.98. The summed E-state index contributed by atoms with van der Waals surface area (Å²) in [6.07, 6.45) is 0. The van der Waals surface area contributed by atoms with Gasteiger partial charge in [0, 0.05) is 18.9 Å². The van der Waals surface area contributed by atoms with Crippen LogP contribution in [-0.2, 0) is 19.4 Å². The number of fused-ring (bicyclic) bond motifs is 1. The Kier molecular flexibility index (Phi) is 5.50. The number of halogens is 2. The molecule has 28 heavy (non-hydrogen) atoms. The van der Waals surface area contributed by atoms with Crippen LogP contribution in [0.4, 0.5) is 4.39 Å². The molecular weight excluding hydrogens is 397 g/mol. The molecule has 0 radical (unpaired) electrons. The first-order chi connectivity index (χ1) is 13.6. The van der Waals surface area contributed by atoms with E-state index >= 15 is 0 Å². The fourth-order valence-corrected chi connectivity index (χ4v) is 3.98. The van der Waals surface area contributed by atoms with Crippen LogP contribution in [0.25, 0.3) is 10.8 Å². The lowest BCUT2D eigenvalue weighted by atomic mass is 10.1. The van der Waals surface area contributed by atoms with Crippen LogP contribution < -0.4 is 4.74 Å². The van der Waals surface area contributed by atoms with Crippen molar-refractivity contribution in [3.8, 4) is 5.75 Å². The van der Waals surface area contributed by atoms with Crippen LogP contribution in [-0.4, -0.2) is 14.8 Å². The molecule has 3 aromatic carbocycles. The van der Waals surface area contributed by atoms with Gasteiger partial charge in [0.25, 0.3) is 0 Å². The van der Waals surface area contributed by atoms with Gasteiger partial charge in [-0.25, -0.2) is 4.39 Å². The topological polar surface area (TPSA) is 39.9 Å². The lowest BCUT2D eigenvalue weighted by Gasteiger charge is -2.08. The maximum absolute atomic E-state index is 13.2. The SMILES string of the molecule is Cn1c(COc2ccc(F)c(Cl)c2)nnc1SCc1cccc2ccccc12. The van der Waals surface area contributed by atoms with Gasteiger partial charge in [-0.15, -0.1) is 10.2 Å². The Bertz CT molecular complexity index is 1130.